The fourth-order valence-electron chi connectivity index (χ4n) is 3.80. The Bertz CT molecular complexity index is 680. The zero-order chi connectivity index (χ0) is 17.1. The molecule has 0 aliphatic carbocycles. The summed E-state index contributed by atoms with van der Waals surface area (Å²) in [5.74, 6) is 0.871. The number of likely N-dealkylation sites (tertiary alicyclic amines) is 1. The summed E-state index contributed by atoms with van der Waals surface area (Å²) >= 11 is 0. The lowest BCUT2D eigenvalue weighted by atomic mass is 9.88. The zero-order valence-electron chi connectivity index (χ0n) is 14.7. The molecule has 2 saturated heterocycles. The van der Waals surface area contributed by atoms with Crippen LogP contribution in [0.4, 0.5) is 0 Å². The van der Waals surface area contributed by atoms with Gasteiger partial charge in [0.1, 0.15) is 5.76 Å². The summed E-state index contributed by atoms with van der Waals surface area (Å²) in [6, 6.07) is 6.00. The molecule has 4 heterocycles. The molecule has 0 radical (unpaired) electrons. The van der Waals surface area contributed by atoms with E-state index in [4.69, 9.17) is 14.0 Å². The highest BCUT2D eigenvalue weighted by molar-refractivity contribution is 5.07. The zero-order valence-corrected chi connectivity index (χ0v) is 14.7. The molecule has 1 spiro atoms. The van der Waals surface area contributed by atoms with Crippen molar-refractivity contribution in [1.29, 1.82) is 0 Å². The number of pyridine rings is 1. The average Bonchev–Trinajstić information content (AvgIpc) is 3.23. The third-order valence-electron chi connectivity index (χ3n) is 5.21. The number of rotatable bonds is 5. The van der Waals surface area contributed by atoms with Crippen molar-refractivity contribution in [3.63, 3.8) is 0 Å². The van der Waals surface area contributed by atoms with Gasteiger partial charge in [-0.15, -0.1) is 0 Å². The summed E-state index contributed by atoms with van der Waals surface area (Å²) in [6.07, 6.45) is 6.92. The molecule has 0 unspecified atom stereocenters. The Morgan fingerprint density at radius 2 is 2.24 bits per heavy atom. The van der Waals surface area contributed by atoms with Crippen LogP contribution in [0.15, 0.2) is 35.1 Å². The van der Waals surface area contributed by atoms with E-state index in [1.807, 2.05) is 31.3 Å². The summed E-state index contributed by atoms with van der Waals surface area (Å²) in [6.45, 7) is 6.15. The van der Waals surface area contributed by atoms with E-state index in [1.165, 1.54) is 0 Å². The summed E-state index contributed by atoms with van der Waals surface area (Å²) in [5.41, 5.74) is 2.12. The topological polar surface area (TPSA) is 60.6 Å². The van der Waals surface area contributed by atoms with Gasteiger partial charge in [0.25, 0.3) is 0 Å². The van der Waals surface area contributed by atoms with E-state index in [0.29, 0.717) is 13.2 Å². The molecule has 6 heteroatoms. The van der Waals surface area contributed by atoms with Crippen molar-refractivity contribution >= 4 is 0 Å². The van der Waals surface area contributed by atoms with Gasteiger partial charge >= 0.3 is 0 Å². The summed E-state index contributed by atoms with van der Waals surface area (Å²) < 4.78 is 17.4. The molecule has 0 aromatic carbocycles. The first-order valence-electron chi connectivity index (χ1n) is 9.00. The van der Waals surface area contributed by atoms with Crippen LogP contribution >= 0.6 is 0 Å². The second-order valence-electron chi connectivity index (χ2n) is 7.20. The van der Waals surface area contributed by atoms with Crippen molar-refractivity contribution in [1.82, 2.24) is 15.0 Å². The van der Waals surface area contributed by atoms with Gasteiger partial charge in [-0.25, -0.2) is 0 Å². The Kier molecular flexibility index (Phi) is 4.83. The molecule has 0 saturated carbocycles. The van der Waals surface area contributed by atoms with E-state index in [2.05, 4.69) is 15.0 Å². The maximum Gasteiger partial charge on any atom is 0.133 e. The fraction of sp³-hybridized carbons (Fsp3) is 0.579. The summed E-state index contributed by atoms with van der Waals surface area (Å²) in [4.78, 5) is 6.56. The monoisotopic (exact) mass is 343 g/mol. The van der Waals surface area contributed by atoms with Gasteiger partial charge in [-0.2, -0.15) is 0 Å². The Labute approximate surface area is 148 Å². The van der Waals surface area contributed by atoms with Crippen molar-refractivity contribution in [3.8, 4) is 0 Å². The SMILES string of the molecule is Cc1cc(CN2CCC3(CC2)C[C@@H](OCc2cccnc2)CO3)no1. The van der Waals surface area contributed by atoms with E-state index < -0.39 is 0 Å². The molecular weight excluding hydrogens is 318 g/mol. The lowest BCUT2D eigenvalue weighted by Gasteiger charge is -2.38. The van der Waals surface area contributed by atoms with Crippen molar-refractivity contribution in [3.05, 3.63) is 47.6 Å². The third-order valence-corrected chi connectivity index (χ3v) is 5.21. The van der Waals surface area contributed by atoms with Crippen LogP contribution in [-0.4, -0.2) is 46.4 Å². The number of hydrogen-bond donors (Lipinski definition) is 0. The van der Waals surface area contributed by atoms with Gasteiger partial charge in [-0.05, 0) is 31.4 Å². The molecular formula is C19H25N3O3. The molecule has 0 amide bonds. The van der Waals surface area contributed by atoms with Gasteiger partial charge in [-0.1, -0.05) is 11.2 Å². The minimum absolute atomic E-state index is 0.00412. The molecule has 134 valence electrons. The molecule has 4 rings (SSSR count). The van der Waals surface area contributed by atoms with Crippen LogP contribution in [0.3, 0.4) is 0 Å². The molecule has 0 bridgehead atoms. The molecule has 2 aromatic heterocycles. The molecule has 6 nitrogen and oxygen atoms in total. The number of ether oxygens (including phenoxy) is 2. The van der Waals surface area contributed by atoms with Crippen LogP contribution in [0.25, 0.3) is 0 Å². The second-order valence-corrected chi connectivity index (χ2v) is 7.20. The van der Waals surface area contributed by atoms with Crippen molar-refractivity contribution in [2.24, 2.45) is 0 Å². The number of hydrogen-bond acceptors (Lipinski definition) is 6. The van der Waals surface area contributed by atoms with Crippen molar-refractivity contribution in [2.75, 3.05) is 19.7 Å². The van der Waals surface area contributed by atoms with Gasteiger partial charge in [-0.3, -0.25) is 9.88 Å². The minimum atomic E-state index is -0.00412. The molecule has 0 N–H and O–H groups in total. The first-order chi connectivity index (χ1) is 12.2. The maximum absolute atomic E-state index is 6.18. The quantitative estimate of drug-likeness (QED) is 0.832. The van der Waals surface area contributed by atoms with E-state index in [1.54, 1.807) is 6.20 Å². The van der Waals surface area contributed by atoms with Crippen LogP contribution in [0, 0.1) is 6.92 Å². The van der Waals surface area contributed by atoms with E-state index in [-0.39, 0.29) is 11.7 Å². The molecule has 2 aliphatic rings. The molecule has 2 aromatic rings. The van der Waals surface area contributed by atoms with Crippen LogP contribution in [-0.2, 0) is 22.6 Å². The molecule has 25 heavy (non-hydrogen) atoms. The highest BCUT2D eigenvalue weighted by Crippen LogP contribution is 2.37. The van der Waals surface area contributed by atoms with Crippen LogP contribution in [0.5, 0.6) is 0 Å². The largest absolute Gasteiger partial charge is 0.372 e. The highest BCUT2D eigenvalue weighted by atomic mass is 16.6. The lowest BCUT2D eigenvalue weighted by Crippen LogP contribution is -2.44. The highest BCUT2D eigenvalue weighted by Gasteiger charge is 2.43. The predicted octanol–water partition coefficient (Wildman–Crippen LogP) is 2.72. The third kappa shape index (κ3) is 4.08. The lowest BCUT2D eigenvalue weighted by molar-refractivity contribution is -0.0471. The fourth-order valence-corrected chi connectivity index (χ4v) is 3.80. The molecule has 2 fully saturated rings. The molecule has 1 atom stereocenters. The number of piperidine rings is 1. The van der Waals surface area contributed by atoms with Gasteiger partial charge in [0.05, 0.1) is 30.6 Å². The first kappa shape index (κ1) is 16.7. The Hall–Kier alpha value is -1.76. The molecule has 2 aliphatic heterocycles. The smallest absolute Gasteiger partial charge is 0.133 e. The normalized spacial score (nSPS) is 23.3. The van der Waals surface area contributed by atoms with Crippen molar-refractivity contribution < 1.29 is 14.0 Å². The minimum Gasteiger partial charge on any atom is -0.372 e. The van der Waals surface area contributed by atoms with Crippen LogP contribution < -0.4 is 0 Å². The Morgan fingerprint density at radius 3 is 2.96 bits per heavy atom. The van der Waals surface area contributed by atoms with E-state index >= 15 is 0 Å². The Balaban J connectivity index is 1.24. The summed E-state index contributed by atoms with van der Waals surface area (Å²) in [5, 5.41) is 4.09. The van der Waals surface area contributed by atoms with Gasteiger partial charge in [0.15, 0.2) is 0 Å². The standard InChI is InChI=1S/C19H25N3O3/c1-15-9-17(21-25-15)12-22-7-4-19(5-8-22)10-18(14-24-19)23-13-16-3-2-6-20-11-16/h2-3,6,9,11,18H,4-5,7-8,10,12-14H2,1H3/t18-/m1/s1. The number of nitrogens with zero attached hydrogens (tertiary/aromatic N) is 3. The number of aryl methyl sites for hydroxylation is 1. The summed E-state index contributed by atoms with van der Waals surface area (Å²) in [7, 11) is 0. The van der Waals surface area contributed by atoms with Crippen LogP contribution in [0.1, 0.15) is 36.3 Å². The predicted molar refractivity (Wildman–Crippen MR) is 91.9 cm³/mol. The van der Waals surface area contributed by atoms with E-state index in [9.17, 15) is 0 Å². The van der Waals surface area contributed by atoms with Gasteiger partial charge < -0.3 is 14.0 Å². The van der Waals surface area contributed by atoms with E-state index in [0.717, 1.165) is 55.9 Å². The maximum atomic E-state index is 6.18. The Morgan fingerprint density at radius 1 is 1.36 bits per heavy atom. The van der Waals surface area contributed by atoms with Gasteiger partial charge in [0.2, 0.25) is 0 Å². The van der Waals surface area contributed by atoms with Crippen LogP contribution in [0.2, 0.25) is 0 Å². The van der Waals surface area contributed by atoms with Gasteiger partial charge in [0, 0.05) is 44.5 Å². The first-order valence-corrected chi connectivity index (χ1v) is 9.00. The van der Waals surface area contributed by atoms with Crippen molar-refractivity contribution in [2.45, 2.75) is 51.0 Å². The average molecular weight is 343 g/mol. The second kappa shape index (κ2) is 7.23. The number of aromatic nitrogens is 2.